The van der Waals surface area contributed by atoms with Gasteiger partial charge in [-0.2, -0.15) is 0 Å². The van der Waals surface area contributed by atoms with Gasteiger partial charge in [-0.25, -0.2) is 0 Å². The molecule has 0 aromatic heterocycles. The molecule has 0 aromatic rings. The highest BCUT2D eigenvalue weighted by molar-refractivity contribution is 5.77. The molecule has 0 atom stereocenters. The minimum absolute atomic E-state index is 0.496. The average molecular weight is 151 g/mol. The van der Waals surface area contributed by atoms with Crippen molar-refractivity contribution in [1.29, 1.82) is 0 Å². The second kappa shape index (κ2) is 4.89. The molecule has 1 nitrogen and oxygen atoms in total. The van der Waals surface area contributed by atoms with Crippen molar-refractivity contribution < 1.29 is 0 Å². The highest BCUT2D eigenvalue weighted by atomic mass is 14.7. The van der Waals surface area contributed by atoms with Crippen LogP contribution in [-0.4, -0.2) is 6.21 Å². The number of aliphatic imine (C=N–C) groups is 1. The Bertz CT molecular complexity index is 185. The maximum Gasteiger partial charge on any atom is 0.0386 e. The summed E-state index contributed by atoms with van der Waals surface area (Å²) in [6.45, 7) is 12.0. The molecule has 0 heterocycles. The molecule has 0 aromatic carbocycles. The minimum Gasteiger partial charge on any atom is -0.261 e. The lowest BCUT2D eigenvalue weighted by molar-refractivity contribution is 0.757. The molecule has 0 N–H and O–H groups in total. The van der Waals surface area contributed by atoms with Crippen molar-refractivity contribution in [2.45, 2.75) is 27.7 Å². The second-order valence-electron chi connectivity index (χ2n) is 2.97. The van der Waals surface area contributed by atoms with E-state index in [0.717, 1.165) is 11.3 Å². The zero-order chi connectivity index (χ0) is 8.85. The van der Waals surface area contributed by atoms with Gasteiger partial charge in [0, 0.05) is 11.9 Å². The molecule has 0 amide bonds. The summed E-state index contributed by atoms with van der Waals surface area (Å²) < 4.78 is 0. The van der Waals surface area contributed by atoms with Crippen LogP contribution >= 0.6 is 0 Å². The SMILES string of the molecule is C=C(C)C=NC(=CC)C(C)C. The Kier molecular flexibility index (Phi) is 4.51. The van der Waals surface area contributed by atoms with Crippen LogP contribution in [0.5, 0.6) is 0 Å². The van der Waals surface area contributed by atoms with Gasteiger partial charge in [0.15, 0.2) is 0 Å². The predicted octanol–water partition coefficient (Wildman–Crippen LogP) is 3.19. The molecule has 1 heteroatoms. The summed E-state index contributed by atoms with van der Waals surface area (Å²) in [5.74, 6) is 0.496. The monoisotopic (exact) mass is 151 g/mol. The summed E-state index contributed by atoms with van der Waals surface area (Å²) in [5, 5.41) is 0. The van der Waals surface area contributed by atoms with E-state index in [0.29, 0.717) is 5.92 Å². The number of nitrogens with zero attached hydrogens (tertiary/aromatic N) is 1. The highest BCUT2D eigenvalue weighted by Gasteiger charge is 1.96. The molecule has 0 saturated carbocycles. The molecule has 0 bridgehead atoms. The quantitative estimate of drug-likeness (QED) is 0.549. The zero-order valence-corrected chi connectivity index (χ0v) is 7.89. The van der Waals surface area contributed by atoms with E-state index >= 15 is 0 Å². The van der Waals surface area contributed by atoms with Gasteiger partial charge < -0.3 is 0 Å². The molecule has 0 spiro atoms. The summed E-state index contributed by atoms with van der Waals surface area (Å²) >= 11 is 0. The molecule has 11 heavy (non-hydrogen) atoms. The molecule has 0 saturated heterocycles. The average Bonchev–Trinajstić information content (AvgIpc) is 1.87. The van der Waals surface area contributed by atoms with E-state index in [2.05, 4.69) is 25.4 Å². The molecule has 0 aliphatic carbocycles. The molecular formula is C10H17N. The molecule has 62 valence electrons. The first kappa shape index (κ1) is 10.2. The molecule has 0 unspecified atom stereocenters. The fraction of sp³-hybridized carbons (Fsp3) is 0.500. The highest BCUT2D eigenvalue weighted by Crippen LogP contribution is 2.09. The van der Waals surface area contributed by atoms with Crippen LogP contribution in [0.4, 0.5) is 0 Å². The standard InChI is InChI=1S/C10H17N/c1-6-10(9(4)5)11-7-8(2)3/h6-7,9H,2H2,1,3-5H3. The van der Waals surface area contributed by atoms with E-state index in [1.54, 1.807) is 6.21 Å². The third-order valence-electron chi connectivity index (χ3n) is 1.32. The van der Waals surface area contributed by atoms with Crippen molar-refractivity contribution in [3.8, 4) is 0 Å². The molecule has 0 fully saturated rings. The van der Waals surface area contributed by atoms with Gasteiger partial charge in [0.05, 0.1) is 0 Å². The second-order valence-corrected chi connectivity index (χ2v) is 2.97. The van der Waals surface area contributed by atoms with Gasteiger partial charge >= 0.3 is 0 Å². The third kappa shape index (κ3) is 4.54. The Hall–Kier alpha value is -0.850. The fourth-order valence-corrected chi connectivity index (χ4v) is 0.742. The number of hydrogen-bond acceptors (Lipinski definition) is 1. The summed E-state index contributed by atoms with van der Waals surface area (Å²) in [7, 11) is 0. The number of rotatable bonds is 3. The maximum atomic E-state index is 4.28. The van der Waals surface area contributed by atoms with Gasteiger partial charge in [-0.3, -0.25) is 4.99 Å². The van der Waals surface area contributed by atoms with Gasteiger partial charge in [-0.1, -0.05) is 26.5 Å². The van der Waals surface area contributed by atoms with Gasteiger partial charge in [0.25, 0.3) is 0 Å². The topological polar surface area (TPSA) is 12.4 Å². The first-order valence-corrected chi connectivity index (χ1v) is 3.93. The molecule has 0 aliphatic rings. The van der Waals surface area contributed by atoms with Crippen LogP contribution in [-0.2, 0) is 0 Å². The van der Waals surface area contributed by atoms with Crippen LogP contribution in [0.25, 0.3) is 0 Å². The minimum atomic E-state index is 0.496. The van der Waals surface area contributed by atoms with E-state index in [-0.39, 0.29) is 0 Å². The van der Waals surface area contributed by atoms with Crippen molar-refractivity contribution in [2.75, 3.05) is 0 Å². The molecule has 0 radical (unpaired) electrons. The van der Waals surface area contributed by atoms with Gasteiger partial charge in [0.1, 0.15) is 0 Å². The lowest BCUT2D eigenvalue weighted by Crippen LogP contribution is -1.90. The van der Waals surface area contributed by atoms with E-state index in [4.69, 9.17) is 0 Å². The van der Waals surface area contributed by atoms with Crippen molar-refractivity contribution in [3.05, 3.63) is 23.9 Å². The largest absolute Gasteiger partial charge is 0.261 e. The first-order chi connectivity index (χ1) is 5.07. The third-order valence-corrected chi connectivity index (χ3v) is 1.32. The Labute approximate surface area is 69.5 Å². The lowest BCUT2D eigenvalue weighted by atomic mass is 10.1. The summed E-state index contributed by atoms with van der Waals surface area (Å²) in [5.41, 5.74) is 2.11. The first-order valence-electron chi connectivity index (χ1n) is 3.93. The lowest BCUT2D eigenvalue weighted by Gasteiger charge is -2.03. The van der Waals surface area contributed by atoms with Crippen LogP contribution in [0.15, 0.2) is 28.9 Å². The van der Waals surface area contributed by atoms with Crippen molar-refractivity contribution in [3.63, 3.8) is 0 Å². The van der Waals surface area contributed by atoms with E-state index in [1.807, 2.05) is 19.9 Å². The molecular weight excluding hydrogens is 134 g/mol. The van der Waals surface area contributed by atoms with E-state index in [1.165, 1.54) is 0 Å². The van der Waals surface area contributed by atoms with E-state index < -0.39 is 0 Å². The predicted molar refractivity (Wildman–Crippen MR) is 51.9 cm³/mol. The smallest absolute Gasteiger partial charge is 0.0386 e. The summed E-state index contributed by atoms with van der Waals surface area (Å²) in [6, 6.07) is 0. The number of hydrogen-bond donors (Lipinski definition) is 0. The van der Waals surface area contributed by atoms with Crippen molar-refractivity contribution in [2.24, 2.45) is 10.9 Å². The Morgan fingerprint density at radius 2 is 2.00 bits per heavy atom. The van der Waals surface area contributed by atoms with Gasteiger partial charge in [-0.05, 0) is 25.3 Å². The van der Waals surface area contributed by atoms with Gasteiger partial charge in [0.2, 0.25) is 0 Å². The van der Waals surface area contributed by atoms with Crippen LogP contribution in [0.1, 0.15) is 27.7 Å². The Balaban J connectivity index is 4.22. The van der Waals surface area contributed by atoms with Crippen LogP contribution in [0.2, 0.25) is 0 Å². The van der Waals surface area contributed by atoms with Crippen molar-refractivity contribution >= 4 is 6.21 Å². The summed E-state index contributed by atoms with van der Waals surface area (Å²) in [4.78, 5) is 4.28. The molecule has 0 rings (SSSR count). The molecule has 0 aliphatic heterocycles. The number of allylic oxidation sites excluding steroid dienone is 3. The van der Waals surface area contributed by atoms with Crippen LogP contribution in [0.3, 0.4) is 0 Å². The fourth-order valence-electron chi connectivity index (χ4n) is 0.742. The van der Waals surface area contributed by atoms with Gasteiger partial charge in [-0.15, -0.1) is 0 Å². The van der Waals surface area contributed by atoms with Crippen LogP contribution < -0.4 is 0 Å². The maximum absolute atomic E-state index is 4.28. The van der Waals surface area contributed by atoms with Crippen LogP contribution in [0, 0.1) is 5.92 Å². The zero-order valence-electron chi connectivity index (χ0n) is 7.89. The van der Waals surface area contributed by atoms with Crippen molar-refractivity contribution in [1.82, 2.24) is 0 Å². The van der Waals surface area contributed by atoms with E-state index in [9.17, 15) is 0 Å². The Morgan fingerprint density at radius 1 is 1.45 bits per heavy atom. The Morgan fingerprint density at radius 3 is 2.27 bits per heavy atom. The normalized spacial score (nSPS) is 13.0. The summed E-state index contributed by atoms with van der Waals surface area (Å²) in [6.07, 6.45) is 3.83.